The van der Waals surface area contributed by atoms with Gasteiger partial charge in [-0.15, -0.1) is 0 Å². The molecule has 1 saturated heterocycles. The first-order valence-electron chi connectivity index (χ1n) is 10.4. The minimum atomic E-state index is -0.158. The summed E-state index contributed by atoms with van der Waals surface area (Å²) in [5.41, 5.74) is 2.13. The second-order valence-corrected chi connectivity index (χ2v) is 7.30. The second kappa shape index (κ2) is 11.9. The van der Waals surface area contributed by atoms with Crippen molar-refractivity contribution in [1.29, 1.82) is 0 Å². The molecule has 2 aromatic carbocycles. The van der Waals surface area contributed by atoms with Crippen molar-refractivity contribution in [2.24, 2.45) is 0 Å². The lowest BCUT2D eigenvalue weighted by Crippen LogP contribution is -2.46. The average Bonchev–Trinajstić information content (AvgIpc) is 2.81. The maximum Gasteiger partial charge on any atom is 0.244 e. The van der Waals surface area contributed by atoms with Crippen LogP contribution in [0.25, 0.3) is 6.08 Å². The number of carbonyl (C=O) groups is 1. The third-order valence-corrected chi connectivity index (χ3v) is 4.95. The summed E-state index contributed by atoms with van der Waals surface area (Å²) in [6, 6.07) is 15.9. The maximum absolute atomic E-state index is 12.3. The van der Waals surface area contributed by atoms with Gasteiger partial charge in [0.2, 0.25) is 5.91 Å². The minimum Gasteiger partial charge on any atom is -0.493 e. The summed E-state index contributed by atoms with van der Waals surface area (Å²) in [6.07, 6.45) is 4.92. The molecule has 1 unspecified atom stereocenters. The summed E-state index contributed by atoms with van der Waals surface area (Å²) in [5, 5.41) is 2.93. The molecule has 1 N–H and O–H groups in total. The fourth-order valence-corrected chi connectivity index (χ4v) is 3.39. The van der Waals surface area contributed by atoms with Crippen LogP contribution in [-0.2, 0) is 16.1 Å². The van der Waals surface area contributed by atoms with Gasteiger partial charge in [0, 0.05) is 32.3 Å². The van der Waals surface area contributed by atoms with Crippen molar-refractivity contribution < 1.29 is 19.0 Å². The number of nitrogens with one attached hydrogen (secondary N) is 1. The monoisotopic (exact) mass is 422 g/mol. The molecule has 164 valence electrons. The maximum atomic E-state index is 12.3. The Balaban J connectivity index is 1.47. The van der Waals surface area contributed by atoms with Gasteiger partial charge >= 0.3 is 0 Å². The SMILES string of the molecule is C=CCOc1ccc(/C=C/C(=O)NCC2CN(Cc3ccccc3)CCO2)cc1OC. The van der Waals surface area contributed by atoms with E-state index in [4.69, 9.17) is 14.2 Å². The van der Waals surface area contributed by atoms with Crippen molar-refractivity contribution in [3.05, 3.63) is 78.4 Å². The number of ether oxygens (including phenoxy) is 3. The first-order valence-corrected chi connectivity index (χ1v) is 10.4. The highest BCUT2D eigenvalue weighted by molar-refractivity contribution is 5.91. The van der Waals surface area contributed by atoms with E-state index in [9.17, 15) is 4.79 Å². The third kappa shape index (κ3) is 7.27. The van der Waals surface area contributed by atoms with E-state index in [0.29, 0.717) is 31.3 Å². The molecule has 31 heavy (non-hydrogen) atoms. The van der Waals surface area contributed by atoms with E-state index < -0.39 is 0 Å². The number of nitrogens with zero attached hydrogens (tertiary/aromatic N) is 1. The number of carbonyl (C=O) groups excluding carboxylic acids is 1. The average molecular weight is 423 g/mol. The van der Waals surface area contributed by atoms with E-state index in [1.54, 1.807) is 19.3 Å². The van der Waals surface area contributed by atoms with Crippen LogP contribution in [0.5, 0.6) is 11.5 Å². The van der Waals surface area contributed by atoms with Crippen LogP contribution in [0, 0.1) is 0 Å². The zero-order chi connectivity index (χ0) is 21.9. The van der Waals surface area contributed by atoms with E-state index in [2.05, 4.69) is 41.1 Å². The molecule has 6 heteroatoms. The van der Waals surface area contributed by atoms with Gasteiger partial charge in [-0.05, 0) is 29.3 Å². The van der Waals surface area contributed by atoms with Crippen LogP contribution >= 0.6 is 0 Å². The molecule has 1 heterocycles. The van der Waals surface area contributed by atoms with Gasteiger partial charge in [-0.1, -0.05) is 49.1 Å². The lowest BCUT2D eigenvalue weighted by atomic mass is 10.2. The van der Waals surface area contributed by atoms with Crippen molar-refractivity contribution in [3.8, 4) is 11.5 Å². The number of amides is 1. The van der Waals surface area contributed by atoms with Gasteiger partial charge in [0.25, 0.3) is 0 Å². The van der Waals surface area contributed by atoms with Crippen LogP contribution < -0.4 is 14.8 Å². The lowest BCUT2D eigenvalue weighted by molar-refractivity contribution is -0.117. The quantitative estimate of drug-likeness (QED) is 0.470. The highest BCUT2D eigenvalue weighted by Crippen LogP contribution is 2.28. The van der Waals surface area contributed by atoms with Gasteiger partial charge < -0.3 is 19.5 Å². The molecule has 0 aromatic heterocycles. The van der Waals surface area contributed by atoms with Gasteiger partial charge in [0.1, 0.15) is 6.61 Å². The molecule has 1 atom stereocenters. The molecular weight excluding hydrogens is 392 g/mol. The fourth-order valence-electron chi connectivity index (χ4n) is 3.39. The number of hydrogen-bond donors (Lipinski definition) is 1. The Morgan fingerprint density at radius 2 is 2.10 bits per heavy atom. The van der Waals surface area contributed by atoms with Crippen LogP contribution in [0.2, 0.25) is 0 Å². The van der Waals surface area contributed by atoms with Crippen molar-refractivity contribution in [2.75, 3.05) is 40.0 Å². The minimum absolute atomic E-state index is 0.0174. The summed E-state index contributed by atoms with van der Waals surface area (Å²) >= 11 is 0. The van der Waals surface area contributed by atoms with Crippen LogP contribution in [0.1, 0.15) is 11.1 Å². The van der Waals surface area contributed by atoms with Crippen molar-refractivity contribution >= 4 is 12.0 Å². The Hall–Kier alpha value is -3.09. The fraction of sp³-hybridized carbons (Fsp3) is 0.320. The lowest BCUT2D eigenvalue weighted by Gasteiger charge is -2.33. The first kappa shape index (κ1) is 22.6. The summed E-state index contributed by atoms with van der Waals surface area (Å²) in [5.74, 6) is 1.09. The molecule has 6 nitrogen and oxygen atoms in total. The van der Waals surface area contributed by atoms with Gasteiger partial charge in [0.15, 0.2) is 11.5 Å². The third-order valence-electron chi connectivity index (χ3n) is 4.95. The molecule has 0 aliphatic carbocycles. The highest BCUT2D eigenvalue weighted by atomic mass is 16.5. The summed E-state index contributed by atoms with van der Waals surface area (Å²) in [7, 11) is 1.58. The smallest absolute Gasteiger partial charge is 0.244 e. The Morgan fingerprint density at radius 3 is 2.87 bits per heavy atom. The van der Waals surface area contributed by atoms with Crippen LogP contribution in [0.15, 0.2) is 67.3 Å². The molecule has 0 bridgehead atoms. The molecule has 0 saturated carbocycles. The molecule has 0 spiro atoms. The topological polar surface area (TPSA) is 60.0 Å². The number of hydrogen-bond acceptors (Lipinski definition) is 5. The first-order chi connectivity index (χ1) is 15.2. The van der Waals surface area contributed by atoms with E-state index >= 15 is 0 Å². The van der Waals surface area contributed by atoms with Crippen molar-refractivity contribution in [2.45, 2.75) is 12.6 Å². The van der Waals surface area contributed by atoms with E-state index in [-0.39, 0.29) is 12.0 Å². The standard InChI is InChI=1S/C25H30N2O4/c1-3-14-31-23-11-9-20(16-24(23)29-2)10-12-25(28)26-17-22-19-27(13-15-30-22)18-21-7-5-4-6-8-21/h3-12,16,22H,1,13-15,17-19H2,2H3,(H,26,28)/b12-10+. The van der Waals surface area contributed by atoms with Crippen LogP contribution in [0.3, 0.4) is 0 Å². The zero-order valence-corrected chi connectivity index (χ0v) is 18.0. The summed E-state index contributed by atoms with van der Waals surface area (Å²) in [6.45, 7) is 7.77. The molecule has 1 amide bonds. The Labute approximate surface area is 184 Å². The van der Waals surface area contributed by atoms with Crippen molar-refractivity contribution in [1.82, 2.24) is 10.2 Å². The number of rotatable bonds is 10. The summed E-state index contributed by atoms with van der Waals surface area (Å²) in [4.78, 5) is 14.6. The number of morpholine rings is 1. The van der Waals surface area contributed by atoms with Gasteiger partial charge in [-0.3, -0.25) is 9.69 Å². The van der Waals surface area contributed by atoms with E-state index in [1.807, 2.05) is 24.3 Å². The molecule has 3 rings (SSSR count). The van der Waals surface area contributed by atoms with Crippen LogP contribution in [-0.4, -0.2) is 56.9 Å². The van der Waals surface area contributed by atoms with Crippen molar-refractivity contribution in [3.63, 3.8) is 0 Å². The normalized spacial score (nSPS) is 16.7. The summed E-state index contributed by atoms with van der Waals surface area (Å²) < 4.78 is 16.7. The van der Waals surface area contributed by atoms with Gasteiger partial charge in [-0.2, -0.15) is 0 Å². The molecule has 0 radical (unpaired) electrons. The number of benzene rings is 2. The Morgan fingerprint density at radius 1 is 1.26 bits per heavy atom. The van der Waals surface area contributed by atoms with Crippen LogP contribution in [0.4, 0.5) is 0 Å². The molecular formula is C25H30N2O4. The predicted octanol–water partition coefficient (Wildman–Crippen LogP) is 3.29. The second-order valence-electron chi connectivity index (χ2n) is 7.30. The largest absolute Gasteiger partial charge is 0.493 e. The molecule has 2 aromatic rings. The van der Waals surface area contributed by atoms with E-state index in [0.717, 1.165) is 25.2 Å². The van der Waals surface area contributed by atoms with Gasteiger partial charge in [0.05, 0.1) is 19.8 Å². The molecule has 1 aliphatic rings. The predicted molar refractivity (Wildman–Crippen MR) is 122 cm³/mol. The molecule has 1 fully saturated rings. The van der Waals surface area contributed by atoms with Gasteiger partial charge in [-0.25, -0.2) is 0 Å². The molecule has 1 aliphatic heterocycles. The zero-order valence-electron chi connectivity index (χ0n) is 18.0. The number of methoxy groups -OCH3 is 1. The van der Waals surface area contributed by atoms with E-state index in [1.165, 1.54) is 11.6 Å². The highest BCUT2D eigenvalue weighted by Gasteiger charge is 2.20. The Bertz CT molecular complexity index is 882. The Kier molecular flexibility index (Phi) is 8.70.